The van der Waals surface area contributed by atoms with Crippen LogP contribution in [0.4, 0.5) is 10.1 Å². The lowest BCUT2D eigenvalue weighted by molar-refractivity contribution is -0.135. The molecular formula is C18H26FN3O2. The van der Waals surface area contributed by atoms with Gasteiger partial charge in [0.15, 0.2) is 5.78 Å². The molecule has 1 atom stereocenters. The van der Waals surface area contributed by atoms with Crippen molar-refractivity contribution in [2.24, 2.45) is 11.1 Å². The lowest BCUT2D eigenvalue weighted by Crippen LogP contribution is -2.56. The number of amides is 1. The van der Waals surface area contributed by atoms with Gasteiger partial charge in [0.25, 0.3) is 0 Å². The highest BCUT2D eigenvalue weighted by atomic mass is 19.1. The molecule has 1 heterocycles. The van der Waals surface area contributed by atoms with E-state index in [0.717, 1.165) is 0 Å². The molecule has 0 radical (unpaired) electrons. The van der Waals surface area contributed by atoms with E-state index >= 15 is 0 Å². The summed E-state index contributed by atoms with van der Waals surface area (Å²) in [5, 5.41) is 0. The second-order valence-corrected chi connectivity index (χ2v) is 7.38. The Hall–Kier alpha value is -1.95. The molecule has 1 saturated heterocycles. The molecule has 2 rings (SSSR count). The first kappa shape index (κ1) is 18.4. The number of nitrogens with two attached hydrogens (primary N) is 1. The normalized spacial score (nSPS) is 16.9. The Morgan fingerprint density at radius 1 is 1.17 bits per heavy atom. The second kappa shape index (κ2) is 6.89. The highest BCUT2D eigenvalue weighted by molar-refractivity contribution is 5.94. The maximum absolute atomic E-state index is 14.2. The average molecular weight is 335 g/mol. The molecule has 1 aromatic carbocycles. The van der Waals surface area contributed by atoms with Crippen LogP contribution in [0.15, 0.2) is 18.2 Å². The number of anilines is 1. The van der Waals surface area contributed by atoms with E-state index in [4.69, 9.17) is 5.73 Å². The number of hydrogen-bond acceptors (Lipinski definition) is 4. The number of halogens is 1. The SMILES string of the molecule is CC(=O)c1ccc(N2CCN(C(=O)[C@@H](N)C(C)(C)C)CC2)c(F)c1. The Kier molecular flexibility index (Phi) is 5.28. The van der Waals surface area contributed by atoms with E-state index in [1.54, 1.807) is 17.0 Å². The minimum Gasteiger partial charge on any atom is -0.366 e. The van der Waals surface area contributed by atoms with Crippen LogP contribution in [0.5, 0.6) is 0 Å². The van der Waals surface area contributed by atoms with Gasteiger partial charge in [0.1, 0.15) is 5.82 Å². The summed E-state index contributed by atoms with van der Waals surface area (Å²) in [5.74, 6) is -0.629. The minimum absolute atomic E-state index is 0.0606. The topological polar surface area (TPSA) is 66.6 Å². The zero-order chi connectivity index (χ0) is 18.1. The van der Waals surface area contributed by atoms with Gasteiger partial charge in [-0.1, -0.05) is 20.8 Å². The highest BCUT2D eigenvalue weighted by Crippen LogP contribution is 2.24. The number of carbonyl (C=O) groups is 2. The summed E-state index contributed by atoms with van der Waals surface area (Å²) in [7, 11) is 0. The van der Waals surface area contributed by atoms with Crippen LogP contribution in [0.25, 0.3) is 0 Å². The van der Waals surface area contributed by atoms with Crippen molar-refractivity contribution in [1.82, 2.24) is 4.90 Å². The fraction of sp³-hybridized carbons (Fsp3) is 0.556. The molecule has 5 nitrogen and oxygen atoms in total. The number of piperazine rings is 1. The zero-order valence-corrected chi connectivity index (χ0v) is 14.8. The van der Waals surface area contributed by atoms with Crippen molar-refractivity contribution in [3.63, 3.8) is 0 Å². The molecule has 2 N–H and O–H groups in total. The number of nitrogens with zero attached hydrogens (tertiary/aromatic N) is 2. The van der Waals surface area contributed by atoms with E-state index in [-0.39, 0.29) is 17.1 Å². The number of rotatable bonds is 3. The Bertz CT molecular complexity index is 632. The fourth-order valence-corrected chi connectivity index (χ4v) is 2.72. The van der Waals surface area contributed by atoms with Crippen molar-refractivity contribution in [1.29, 1.82) is 0 Å². The second-order valence-electron chi connectivity index (χ2n) is 7.38. The fourth-order valence-electron chi connectivity index (χ4n) is 2.72. The summed E-state index contributed by atoms with van der Waals surface area (Å²) >= 11 is 0. The van der Waals surface area contributed by atoms with E-state index in [1.165, 1.54) is 13.0 Å². The molecule has 1 aliphatic heterocycles. The molecule has 6 heteroatoms. The standard InChI is InChI=1S/C18H26FN3O2/c1-12(23)13-5-6-15(14(19)11-13)21-7-9-22(10-8-21)17(24)16(20)18(2,3)4/h5-6,11,16H,7-10,20H2,1-4H3/t16-/m1/s1. The summed E-state index contributed by atoms with van der Waals surface area (Å²) in [5.41, 5.74) is 6.58. The largest absolute Gasteiger partial charge is 0.366 e. The summed E-state index contributed by atoms with van der Waals surface area (Å²) in [6.45, 7) is 9.34. The quantitative estimate of drug-likeness (QED) is 0.859. The van der Waals surface area contributed by atoms with Gasteiger partial charge in [0.2, 0.25) is 5.91 Å². The molecule has 132 valence electrons. The first-order chi connectivity index (χ1) is 11.1. The zero-order valence-electron chi connectivity index (χ0n) is 14.8. The van der Waals surface area contributed by atoms with Gasteiger partial charge in [-0.15, -0.1) is 0 Å². The van der Waals surface area contributed by atoms with Crippen molar-refractivity contribution < 1.29 is 14.0 Å². The Labute approximate surface area is 142 Å². The summed E-state index contributed by atoms with van der Waals surface area (Å²) in [6.07, 6.45) is 0. The molecule has 1 fully saturated rings. The van der Waals surface area contributed by atoms with Gasteiger partial charge in [-0.25, -0.2) is 4.39 Å². The molecule has 0 aliphatic carbocycles. The Morgan fingerprint density at radius 3 is 2.21 bits per heavy atom. The maximum Gasteiger partial charge on any atom is 0.240 e. The monoisotopic (exact) mass is 335 g/mol. The van der Waals surface area contributed by atoms with Crippen molar-refractivity contribution >= 4 is 17.4 Å². The van der Waals surface area contributed by atoms with Gasteiger partial charge in [-0.3, -0.25) is 9.59 Å². The average Bonchev–Trinajstić information content (AvgIpc) is 2.52. The minimum atomic E-state index is -0.546. The van der Waals surface area contributed by atoms with Gasteiger partial charge in [-0.05, 0) is 30.5 Å². The number of hydrogen-bond donors (Lipinski definition) is 1. The molecule has 0 spiro atoms. The highest BCUT2D eigenvalue weighted by Gasteiger charge is 2.32. The van der Waals surface area contributed by atoms with Crippen molar-refractivity contribution in [3.05, 3.63) is 29.6 Å². The lowest BCUT2D eigenvalue weighted by Gasteiger charge is -2.39. The van der Waals surface area contributed by atoms with Crippen LogP contribution in [0.3, 0.4) is 0 Å². The number of carbonyl (C=O) groups excluding carboxylic acids is 2. The van der Waals surface area contributed by atoms with Crippen molar-refractivity contribution in [3.8, 4) is 0 Å². The molecule has 1 aromatic rings. The third-order valence-electron chi connectivity index (χ3n) is 4.49. The van der Waals surface area contributed by atoms with Crippen LogP contribution < -0.4 is 10.6 Å². The van der Waals surface area contributed by atoms with Crippen molar-refractivity contribution in [2.45, 2.75) is 33.7 Å². The molecule has 0 saturated carbocycles. The van der Waals surface area contributed by atoms with Crippen molar-refractivity contribution in [2.75, 3.05) is 31.1 Å². The third-order valence-corrected chi connectivity index (χ3v) is 4.49. The molecule has 0 unspecified atom stereocenters. The van der Waals surface area contributed by atoms with E-state index in [0.29, 0.717) is 37.4 Å². The first-order valence-electron chi connectivity index (χ1n) is 8.21. The van der Waals surface area contributed by atoms with Crippen LogP contribution in [-0.2, 0) is 4.79 Å². The van der Waals surface area contributed by atoms with Gasteiger partial charge in [-0.2, -0.15) is 0 Å². The summed E-state index contributed by atoms with van der Waals surface area (Å²) in [6, 6.07) is 3.98. The summed E-state index contributed by atoms with van der Waals surface area (Å²) < 4.78 is 14.2. The number of ketones is 1. The third kappa shape index (κ3) is 3.93. The lowest BCUT2D eigenvalue weighted by atomic mass is 9.86. The van der Waals surface area contributed by atoms with E-state index in [1.807, 2.05) is 25.7 Å². The predicted octanol–water partition coefficient (Wildman–Crippen LogP) is 2.05. The number of benzene rings is 1. The maximum atomic E-state index is 14.2. The van der Waals surface area contributed by atoms with Gasteiger partial charge in [0.05, 0.1) is 11.7 Å². The molecular weight excluding hydrogens is 309 g/mol. The number of Topliss-reactive ketones (excluding diaryl/α,β-unsaturated/α-hetero) is 1. The first-order valence-corrected chi connectivity index (χ1v) is 8.21. The van der Waals surface area contributed by atoms with Crippen LogP contribution >= 0.6 is 0 Å². The van der Waals surface area contributed by atoms with E-state index in [9.17, 15) is 14.0 Å². The molecule has 24 heavy (non-hydrogen) atoms. The van der Waals surface area contributed by atoms with Gasteiger partial charge < -0.3 is 15.5 Å². The van der Waals surface area contributed by atoms with Crippen LogP contribution in [-0.4, -0.2) is 48.8 Å². The molecule has 0 aromatic heterocycles. The molecule has 1 amide bonds. The summed E-state index contributed by atoms with van der Waals surface area (Å²) in [4.78, 5) is 27.4. The smallest absolute Gasteiger partial charge is 0.240 e. The van der Waals surface area contributed by atoms with Crippen LogP contribution in [0, 0.1) is 11.2 Å². The Morgan fingerprint density at radius 2 is 1.75 bits per heavy atom. The van der Waals surface area contributed by atoms with Gasteiger partial charge >= 0.3 is 0 Å². The van der Waals surface area contributed by atoms with Crippen LogP contribution in [0.1, 0.15) is 38.1 Å². The van der Waals surface area contributed by atoms with Crippen LogP contribution in [0.2, 0.25) is 0 Å². The predicted molar refractivity (Wildman–Crippen MR) is 92.6 cm³/mol. The van der Waals surface area contributed by atoms with E-state index < -0.39 is 11.9 Å². The van der Waals surface area contributed by atoms with Gasteiger partial charge in [0, 0.05) is 31.7 Å². The Balaban J connectivity index is 2.03. The molecule has 0 bridgehead atoms. The molecule has 1 aliphatic rings. The van der Waals surface area contributed by atoms with E-state index in [2.05, 4.69) is 0 Å².